The normalized spacial score (nSPS) is 13.8. The molecule has 0 aromatic heterocycles. The van der Waals surface area contributed by atoms with Gasteiger partial charge in [-0.2, -0.15) is 0 Å². The number of ether oxygens (including phenoxy) is 2. The molecule has 0 saturated heterocycles. The van der Waals surface area contributed by atoms with Gasteiger partial charge in [-0.3, -0.25) is 14.2 Å². The summed E-state index contributed by atoms with van der Waals surface area (Å²) in [7, 11) is 1.16. The summed E-state index contributed by atoms with van der Waals surface area (Å²) in [5.41, 5.74) is 0. The summed E-state index contributed by atoms with van der Waals surface area (Å²) in [5, 5.41) is 0. The number of phosphoric acid groups is 1. The van der Waals surface area contributed by atoms with Crippen molar-refractivity contribution in [2.24, 2.45) is 0 Å². The second-order valence-electron chi connectivity index (χ2n) is 17.8. The fourth-order valence-electron chi connectivity index (χ4n) is 6.85. The van der Waals surface area contributed by atoms with Crippen molar-refractivity contribution in [3.05, 3.63) is 36.5 Å². The van der Waals surface area contributed by atoms with E-state index in [1.54, 1.807) is 0 Å². The van der Waals surface area contributed by atoms with E-state index in [0.29, 0.717) is 17.4 Å². The van der Waals surface area contributed by atoms with E-state index < -0.39 is 26.5 Å². The summed E-state index contributed by atoms with van der Waals surface area (Å²) in [4.78, 5) is 37.7. The second kappa shape index (κ2) is 42.5. The molecule has 60 heavy (non-hydrogen) atoms. The predicted molar refractivity (Wildman–Crippen MR) is 250 cm³/mol. The Morgan fingerprint density at radius 2 is 0.950 bits per heavy atom. The Hall–Kier alpha value is -1.77. The van der Waals surface area contributed by atoms with Gasteiger partial charge in [0, 0.05) is 12.8 Å². The van der Waals surface area contributed by atoms with Gasteiger partial charge in [-0.25, -0.2) is 0 Å². The van der Waals surface area contributed by atoms with Gasteiger partial charge in [-0.1, -0.05) is 198 Å². The molecular formula is C50H94NO8P. The van der Waals surface area contributed by atoms with Gasteiger partial charge in [0.1, 0.15) is 19.8 Å². The monoisotopic (exact) mass is 868 g/mol. The van der Waals surface area contributed by atoms with E-state index >= 15 is 0 Å². The molecule has 0 spiro atoms. The first-order valence-electron chi connectivity index (χ1n) is 24.7. The SMILES string of the molecule is CC/C=C\C/C=C\C/C=C\CCCCCCCCCC(=O)OC(COC(=O)CCCCCCCCCCCCCCCCCCCCC)COP(=O)([O-])OCC[N+](C)(C)C. The summed E-state index contributed by atoms with van der Waals surface area (Å²) in [6.07, 6.45) is 48.8. The van der Waals surface area contributed by atoms with Crippen LogP contribution in [0.15, 0.2) is 36.5 Å². The first kappa shape index (κ1) is 58.2. The fraction of sp³-hybridized carbons (Fsp3) is 0.840. The van der Waals surface area contributed by atoms with Crippen molar-refractivity contribution >= 4 is 19.8 Å². The van der Waals surface area contributed by atoms with Gasteiger partial charge >= 0.3 is 11.9 Å². The van der Waals surface area contributed by atoms with Gasteiger partial charge in [-0.05, 0) is 44.9 Å². The summed E-state index contributed by atoms with van der Waals surface area (Å²) in [6, 6.07) is 0. The number of nitrogens with zero attached hydrogens (tertiary/aromatic N) is 1. The van der Waals surface area contributed by atoms with Crippen LogP contribution in [0.4, 0.5) is 0 Å². The van der Waals surface area contributed by atoms with E-state index in [-0.39, 0.29) is 32.0 Å². The highest BCUT2D eigenvalue weighted by Crippen LogP contribution is 2.38. The summed E-state index contributed by atoms with van der Waals surface area (Å²) < 4.78 is 34.0. The zero-order valence-corrected chi connectivity index (χ0v) is 40.6. The Bertz CT molecular complexity index is 1120. The first-order valence-corrected chi connectivity index (χ1v) is 26.2. The molecule has 0 bridgehead atoms. The highest BCUT2D eigenvalue weighted by molar-refractivity contribution is 7.45. The van der Waals surface area contributed by atoms with Crippen molar-refractivity contribution < 1.29 is 42.1 Å². The molecule has 0 rings (SSSR count). The number of unbranched alkanes of at least 4 members (excludes halogenated alkanes) is 25. The lowest BCUT2D eigenvalue weighted by Gasteiger charge is -2.28. The lowest BCUT2D eigenvalue weighted by atomic mass is 10.0. The summed E-state index contributed by atoms with van der Waals surface area (Å²) >= 11 is 0. The van der Waals surface area contributed by atoms with Crippen molar-refractivity contribution in [2.45, 2.75) is 225 Å². The zero-order valence-electron chi connectivity index (χ0n) is 39.7. The number of allylic oxidation sites excluding steroid dienone is 6. The third kappa shape index (κ3) is 45.7. The molecule has 2 unspecified atom stereocenters. The van der Waals surface area contributed by atoms with Crippen molar-refractivity contribution in [2.75, 3.05) is 47.5 Å². The van der Waals surface area contributed by atoms with E-state index in [1.807, 2.05) is 21.1 Å². The smallest absolute Gasteiger partial charge is 0.306 e. The van der Waals surface area contributed by atoms with Crippen molar-refractivity contribution in [3.63, 3.8) is 0 Å². The molecule has 0 N–H and O–H groups in total. The maximum atomic E-state index is 12.7. The van der Waals surface area contributed by atoms with Crippen LogP contribution in [0.1, 0.15) is 219 Å². The minimum atomic E-state index is -4.63. The van der Waals surface area contributed by atoms with Gasteiger partial charge < -0.3 is 27.9 Å². The van der Waals surface area contributed by atoms with Gasteiger partial charge in [0.2, 0.25) is 0 Å². The topological polar surface area (TPSA) is 111 Å². The molecule has 9 nitrogen and oxygen atoms in total. The van der Waals surface area contributed by atoms with Crippen LogP contribution in [-0.2, 0) is 32.7 Å². The highest BCUT2D eigenvalue weighted by atomic mass is 31.2. The average Bonchev–Trinajstić information content (AvgIpc) is 3.20. The number of hydrogen-bond acceptors (Lipinski definition) is 8. The number of rotatable bonds is 45. The maximum Gasteiger partial charge on any atom is 0.306 e. The third-order valence-corrected chi connectivity index (χ3v) is 11.6. The van der Waals surface area contributed by atoms with Crippen LogP contribution < -0.4 is 4.89 Å². The highest BCUT2D eigenvalue weighted by Gasteiger charge is 2.21. The van der Waals surface area contributed by atoms with E-state index in [2.05, 4.69) is 50.3 Å². The molecule has 0 aromatic rings. The maximum absolute atomic E-state index is 12.7. The standard InChI is InChI=1S/C50H94NO8P/c1-6-8-10-12-14-16-18-20-22-24-25-27-28-30-32-34-36-38-40-42-49(52)56-46-48(47-58-60(54,55)57-45-44-51(3,4)5)59-50(53)43-41-39-37-35-33-31-29-26-23-21-19-17-15-13-11-9-7-2/h9,11,15,17,21,23,48H,6-8,10,12-14,16,18-20,22,24-47H2,1-5H3/b11-9-,17-15-,23-21-. The van der Waals surface area contributed by atoms with Crippen LogP contribution in [0.5, 0.6) is 0 Å². The van der Waals surface area contributed by atoms with E-state index in [4.69, 9.17) is 18.5 Å². The second-order valence-corrected chi connectivity index (χ2v) is 19.2. The summed E-state index contributed by atoms with van der Waals surface area (Å²) in [6.45, 7) is 4.14. The number of carbonyl (C=O) groups excluding carboxylic acids is 2. The molecule has 2 atom stereocenters. The molecular weight excluding hydrogens is 774 g/mol. The van der Waals surface area contributed by atoms with Crippen LogP contribution in [0.2, 0.25) is 0 Å². The Morgan fingerprint density at radius 3 is 1.42 bits per heavy atom. The van der Waals surface area contributed by atoms with Gasteiger partial charge in [0.05, 0.1) is 27.7 Å². The lowest BCUT2D eigenvalue weighted by molar-refractivity contribution is -0.870. The number of quaternary nitrogens is 1. The molecule has 0 aliphatic rings. The Balaban J connectivity index is 4.26. The Labute approximate surface area is 370 Å². The van der Waals surface area contributed by atoms with Crippen molar-refractivity contribution in [1.82, 2.24) is 0 Å². The Kier molecular flexibility index (Phi) is 41.3. The van der Waals surface area contributed by atoms with E-state index in [1.165, 1.54) is 122 Å². The third-order valence-electron chi connectivity index (χ3n) is 10.7. The van der Waals surface area contributed by atoms with Crippen molar-refractivity contribution in [1.29, 1.82) is 0 Å². The van der Waals surface area contributed by atoms with Crippen LogP contribution in [0.3, 0.4) is 0 Å². The van der Waals surface area contributed by atoms with E-state index in [0.717, 1.165) is 64.2 Å². The Morgan fingerprint density at radius 1 is 0.533 bits per heavy atom. The number of esters is 2. The molecule has 352 valence electrons. The molecule has 10 heteroatoms. The number of hydrogen-bond donors (Lipinski definition) is 0. The molecule has 0 amide bonds. The minimum absolute atomic E-state index is 0.0321. The minimum Gasteiger partial charge on any atom is -0.756 e. The quantitative estimate of drug-likeness (QED) is 0.0196. The fourth-order valence-corrected chi connectivity index (χ4v) is 7.58. The molecule has 0 saturated carbocycles. The predicted octanol–water partition coefficient (Wildman–Crippen LogP) is 13.8. The van der Waals surface area contributed by atoms with Crippen LogP contribution in [0.25, 0.3) is 0 Å². The molecule has 0 radical (unpaired) electrons. The average molecular weight is 868 g/mol. The number of carbonyl (C=O) groups is 2. The zero-order chi connectivity index (χ0) is 44.3. The molecule has 0 aromatic carbocycles. The van der Waals surface area contributed by atoms with Crippen LogP contribution in [-0.4, -0.2) is 70.0 Å². The number of likely N-dealkylation sites (N-methyl/N-ethyl adjacent to an activating group) is 1. The largest absolute Gasteiger partial charge is 0.756 e. The van der Waals surface area contributed by atoms with Crippen molar-refractivity contribution in [3.8, 4) is 0 Å². The van der Waals surface area contributed by atoms with Crippen LogP contribution in [0, 0.1) is 0 Å². The van der Waals surface area contributed by atoms with Gasteiger partial charge in [0.25, 0.3) is 7.82 Å². The molecule has 0 heterocycles. The molecule has 0 aliphatic heterocycles. The summed E-state index contributed by atoms with van der Waals surface area (Å²) in [5.74, 6) is -0.837. The molecule has 0 aliphatic carbocycles. The van der Waals surface area contributed by atoms with Gasteiger partial charge in [0.15, 0.2) is 6.10 Å². The molecule has 0 fully saturated rings. The number of phosphoric ester groups is 1. The van der Waals surface area contributed by atoms with Gasteiger partial charge in [-0.15, -0.1) is 0 Å². The van der Waals surface area contributed by atoms with E-state index in [9.17, 15) is 19.0 Å². The lowest BCUT2D eigenvalue weighted by Crippen LogP contribution is -2.37. The first-order chi connectivity index (χ1) is 29.0. The van der Waals surface area contributed by atoms with Crippen LogP contribution >= 0.6 is 7.82 Å².